The highest BCUT2D eigenvalue weighted by molar-refractivity contribution is 5.88. The Hall–Kier alpha value is -1.92. The first-order chi connectivity index (χ1) is 9.86. The van der Waals surface area contributed by atoms with Crippen molar-refractivity contribution in [1.82, 2.24) is 10.0 Å². The minimum Gasteiger partial charge on any atom is -0.481 e. The first kappa shape index (κ1) is 19.1. The third-order valence-corrected chi connectivity index (χ3v) is 2.56. The molecule has 6 heteroatoms. The predicted octanol–water partition coefficient (Wildman–Crippen LogP) is 1.92. The summed E-state index contributed by atoms with van der Waals surface area (Å²) in [6.07, 6.45) is 0.380. The lowest BCUT2D eigenvalue weighted by Gasteiger charge is -2.28. The zero-order valence-corrected chi connectivity index (χ0v) is 12.8. The summed E-state index contributed by atoms with van der Waals surface area (Å²) >= 11 is 0. The van der Waals surface area contributed by atoms with E-state index in [0.717, 1.165) is 13.1 Å². The number of carbonyl (C=O) groups is 2. The number of carboxylic acid groups (broad SMARTS) is 2. The molecule has 0 heterocycles. The summed E-state index contributed by atoms with van der Waals surface area (Å²) in [5, 5.41) is 19.9. The Balaban J connectivity index is 0.000000486. The molecule has 0 amide bonds. The molecule has 0 fully saturated rings. The Morgan fingerprint density at radius 2 is 1.57 bits per heavy atom. The van der Waals surface area contributed by atoms with E-state index in [-0.39, 0.29) is 0 Å². The molecule has 0 aliphatic heterocycles. The van der Waals surface area contributed by atoms with Crippen LogP contribution in [0.25, 0.3) is 0 Å². The molecule has 0 spiro atoms. The standard InChI is InChI=1S/C12H20N2.C3H4O4/c1-4-10-14(13(2)3)11-12-8-6-5-7-9-12;4-2(5)1-3(6)7/h5-9H,4,10-11H2,1-3H3;1H2,(H,4,5)(H,6,7). The van der Waals surface area contributed by atoms with E-state index in [1.54, 1.807) is 0 Å². The van der Waals surface area contributed by atoms with Gasteiger partial charge in [-0.15, -0.1) is 0 Å². The Labute approximate surface area is 125 Å². The number of hydrazine groups is 1. The van der Waals surface area contributed by atoms with Gasteiger partial charge in [0.1, 0.15) is 6.42 Å². The van der Waals surface area contributed by atoms with Gasteiger partial charge in [-0.2, -0.15) is 0 Å². The van der Waals surface area contributed by atoms with E-state index >= 15 is 0 Å². The fourth-order valence-corrected chi connectivity index (χ4v) is 1.60. The Kier molecular flexibility index (Phi) is 9.83. The molecule has 0 saturated heterocycles. The van der Waals surface area contributed by atoms with Gasteiger partial charge in [0, 0.05) is 27.2 Å². The summed E-state index contributed by atoms with van der Waals surface area (Å²) in [5.41, 5.74) is 1.37. The molecule has 21 heavy (non-hydrogen) atoms. The molecule has 0 aliphatic carbocycles. The average Bonchev–Trinajstić information content (AvgIpc) is 2.38. The lowest BCUT2D eigenvalue weighted by Crippen LogP contribution is -2.36. The Bertz CT molecular complexity index is 409. The van der Waals surface area contributed by atoms with Gasteiger partial charge >= 0.3 is 11.9 Å². The summed E-state index contributed by atoms with van der Waals surface area (Å²) in [5.74, 6) is -2.62. The lowest BCUT2D eigenvalue weighted by atomic mass is 10.2. The molecule has 6 nitrogen and oxygen atoms in total. The molecule has 0 bridgehead atoms. The summed E-state index contributed by atoms with van der Waals surface area (Å²) in [6, 6.07) is 10.6. The van der Waals surface area contributed by atoms with Gasteiger partial charge in [-0.3, -0.25) is 9.59 Å². The van der Waals surface area contributed by atoms with Gasteiger partial charge in [0.15, 0.2) is 0 Å². The van der Waals surface area contributed by atoms with Crippen molar-refractivity contribution < 1.29 is 19.8 Å². The molecule has 0 aromatic heterocycles. The highest BCUT2D eigenvalue weighted by Gasteiger charge is 2.06. The number of hydrogen-bond donors (Lipinski definition) is 2. The second-order valence-electron chi connectivity index (χ2n) is 4.69. The van der Waals surface area contributed by atoms with E-state index in [9.17, 15) is 9.59 Å². The van der Waals surface area contributed by atoms with Crippen LogP contribution in [0.3, 0.4) is 0 Å². The molecule has 0 unspecified atom stereocenters. The Morgan fingerprint density at radius 1 is 1.05 bits per heavy atom. The third kappa shape index (κ3) is 10.5. The first-order valence-electron chi connectivity index (χ1n) is 6.76. The number of nitrogens with zero attached hydrogens (tertiary/aromatic N) is 2. The monoisotopic (exact) mass is 296 g/mol. The maximum absolute atomic E-state index is 9.43. The molecular weight excluding hydrogens is 272 g/mol. The van der Waals surface area contributed by atoms with Gasteiger partial charge in [0.05, 0.1) is 0 Å². The molecule has 0 aliphatic rings. The van der Waals surface area contributed by atoms with E-state index in [1.165, 1.54) is 12.0 Å². The molecule has 0 atom stereocenters. The van der Waals surface area contributed by atoms with Crippen molar-refractivity contribution in [1.29, 1.82) is 0 Å². The number of hydrogen-bond acceptors (Lipinski definition) is 4. The lowest BCUT2D eigenvalue weighted by molar-refractivity contribution is -0.147. The van der Waals surface area contributed by atoms with Gasteiger partial charge in [0.2, 0.25) is 0 Å². The summed E-state index contributed by atoms with van der Waals surface area (Å²) < 4.78 is 0. The van der Waals surface area contributed by atoms with Crippen molar-refractivity contribution in [2.75, 3.05) is 20.6 Å². The van der Waals surface area contributed by atoms with Crippen LogP contribution < -0.4 is 0 Å². The minimum absolute atomic E-state index is 0.806. The molecule has 1 aromatic carbocycles. The number of rotatable bonds is 7. The van der Waals surface area contributed by atoms with Gasteiger partial charge in [-0.05, 0) is 12.0 Å². The first-order valence-corrected chi connectivity index (χ1v) is 6.76. The topological polar surface area (TPSA) is 81.1 Å². The number of carboxylic acids is 2. The van der Waals surface area contributed by atoms with Crippen LogP contribution >= 0.6 is 0 Å². The molecule has 1 rings (SSSR count). The second kappa shape index (κ2) is 10.8. The van der Waals surface area contributed by atoms with Crippen LogP contribution in [0.1, 0.15) is 25.3 Å². The quantitative estimate of drug-likeness (QED) is 0.591. The van der Waals surface area contributed by atoms with Crippen LogP contribution in [0.4, 0.5) is 0 Å². The van der Waals surface area contributed by atoms with Gasteiger partial charge in [-0.25, -0.2) is 10.0 Å². The van der Waals surface area contributed by atoms with Crippen molar-refractivity contribution in [3.63, 3.8) is 0 Å². The van der Waals surface area contributed by atoms with Crippen molar-refractivity contribution in [3.8, 4) is 0 Å². The molecule has 0 radical (unpaired) electrons. The van der Waals surface area contributed by atoms with E-state index in [4.69, 9.17) is 10.2 Å². The zero-order chi connectivity index (χ0) is 16.3. The van der Waals surface area contributed by atoms with E-state index in [2.05, 4.69) is 61.4 Å². The normalized spacial score (nSPS) is 10.1. The molecule has 1 aromatic rings. The van der Waals surface area contributed by atoms with Gasteiger partial charge in [0.25, 0.3) is 0 Å². The summed E-state index contributed by atoms with van der Waals surface area (Å²) in [7, 11) is 4.19. The van der Waals surface area contributed by atoms with Crippen molar-refractivity contribution >= 4 is 11.9 Å². The van der Waals surface area contributed by atoms with Crippen molar-refractivity contribution in [3.05, 3.63) is 35.9 Å². The van der Waals surface area contributed by atoms with Crippen LogP contribution in [0.15, 0.2) is 30.3 Å². The largest absolute Gasteiger partial charge is 0.481 e. The van der Waals surface area contributed by atoms with Crippen LogP contribution in [-0.4, -0.2) is 52.8 Å². The third-order valence-electron chi connectivity index (χ3n) is 2.56. The van der Waals surface area contributed by atoms with Gasteiger partial charge < -0.3 is 10.2 Å². The van der Waals surface area contributed by atoms with Crippen LogP contribution in [0.2, 0.25) is 0 Å². The maximum Gasteiger partial charge on any atom is 0.314 e. The van der Waals surface area contributed by atoms with Crippen molar-refractivity contribution in [2.45, 2.75) is 26.3 Å². The minimum atomic E-state index is -1.31. The predicted molar refractivity (Wildman–Crippen MR) is 80.7 cm³/mol. The number of aliphatic carboxylic acids is 2. The molecule has 0 saturated carbocycles. The average molecular weight is 296 g/mol. The smallest absolute Gasteiger partial charge is 0.314 e. The highest BCUT2D eigenvalue weighted by Crippen LogP contribution is 2.05. The Morgan fingerprint density at radius 3 is 1.90 bits per heavy atom. The van der Waals surface area contributed by atoms with E-state index in [0.29, 0.717) is 0 Å². The van der Waals surface area contributed by atoms with Crippen molar-refractivity contribution in [2.24, 2.45) is 0 Å². The summed E-state index contributed by atoms with van der Waals surface area (Å²) in [6.45, 7) is 4.32. The zero-order valence-electron chi connectivity index (χ0n) is 12.8. The summed E-state index contributed by atoms with van der Waals surface area (Å²) in [4.78, 5) is 18.9. The maximum atomic E-state index is 9.43. The SMILES string of the molecule is CCCN(Cc1ccccc1)N(C)C.O=C(O)CC(=O)O. The molecule has 118 valence electrons. The van der Waals surface area contributed by atoms with Crippen LogP contribution in [-0.2, 0) is 16.1 Å². The van der Waals surface area contributed by atoms with Crippen LogP contribution in [0, 0.1) is 0 Å². The van der Waals surface area contributed by atoms with E-state index < -0.39 is 18.4 Å². The number of benzene rings is 1. The van der Waals surface area contributed by atoms with Crippen LogP contribution in [0.5, 0.6) is 0 Å². The molecular formula is C15H24N2O4. The van der Waals surface area contributed by atoms with Gasteiger partial charge in [-0.1, -0.05) is 37.3 Å². The highest BCUT2D eigenvalue weighted by atomic mass is 16.4. The second-order valence-corrected chi connectivity index (χ2v) is 4.69. The van der Waals surface area contributed by atoms with E-state index in [1.807, 2.05) is 0 Å². The fraction of sp³-hybridized carbons (Fsp3) is 0.467. The molecule has 2 N–H and O–H groups in total. The fourth-order valence-electron chi connectivity index (χ4n) is 1.60.